The van der Waals surface area contributed by atoms with Gasteiger partial charge in [0.1, 0.15) is 5.82 Å². The molecule has 6 nitrogen and oxygen atoms in total. The Morgan fingerprint density at radius 3 is 2.90 bits per heavy atom. The molecule has 1 aliphatic rings. The fourth-order valence-electron chi connectivity index (χ4n) is 1.89. The van der Waals surface area contributed by atoms with E-state index in [2.05, 4.69) is 26.4 Å². The zero-order valence-electron chi connectivity index (χ0n) is 11.3. The maximum Gasteiger partial charge on any atom is 0.238 e. The first-order valence-electron chi connectivity index (χ1n) is 6.52. The third-order valence-electron chi connectivity index (χ3n) is 2.88. The van der Waals surface area contributed by atoms with E-state index >= 15 is 0 Å². The number of morpholine rings is 1. The number of rotatable bonds is 5. The summed E-state index contributed by atoms with van der Waals surface area (Å²) in [6, 6.07) is 3.74. The first-order valence-corrected chi connectivity index (χ1v) is 6.52. The van der Waals surface area contributed by atoms with Crippen molar-refractivity contribution in [1.82, 2.24) is 10.3 Å². The van der Waals surface area contributed by atoms with Gasteiger partial charge in [-0.25, -0.2) is 4.98 Å². The summed E-state index contributed by atoms with van der Waals surface area (Å²) < 4.78 is 5.30. The minimum atomic E-state index is -0.138. The number of hydrogen-bond donors (Lipinski definition) is 2. The lowest BCUT2D eigenvalue weighted by Crippen LogP contribution is -2.36. The number of carbonyl (C=O) groups excluding carboxylic acids is 1. The van der Waals surface area contributed by atoms with Gasteiger partial charge in [0.05, 0.1) is 38.2 Å². The van der Waals surface area contributed by atoms with Crippen LogP contribution in [0.15, 0.2) is 18.3 Å². The molecule has 1 amide bonds. The summed E-state index contributed by atoms with van der Waals surface area (Å²) in [6.07, 6.45) is 6.74. The molecule has 2 heterocycles. The number of amides is 1. The lowest BCUT2D eigenvalue weighted by Gasteiger charge is -2.27. The van der Waals surface area contributed by atoms with Gasteiger partial charge in [-0.1, -0.05) is 5.92 Å². The maximum atomic E-state index is 11.6. The van der Waals surface area contributed by atoms with E-state index in [1.165, 1.54) is 0 Å². The van der Waals surface area contributed by atoms with E-state index in [0.29, 0.717) is 12.2 Å². The lowest BCUT2D eigenvalue weighted by atomic mass is 10.3. The molecule has 2 N–H and O–H groups in total. The van der Waals surface area contributed by atoms with Crippen molar-refractivity contribution in [3.8, 4) is 12.3 Å². The molecule has 20 heavy (non-hydrogen) atoms. The molecular weight excluding hydrogens is 256 g/mol. The Morgan fingerprint density at radius 2 is 2.25 bits per heavy atom. The highest BCUT2D eigenvalue weighted by Crippen LogP contribution is 2.15. The van der Waals surface area contributed by atoms with Crippen molar-refractivity contribution in [2.75, 3.05) is 49.6 Å². The molecule has 0 saturated carbocycles. The van der Waals surface area contributed by atoms with Crippen molar-refractivity contribution in [3.63, 3.8) is 0 Å². The van der Waals surface area contributed by atoms with Crippen LogP contribution in [0.1, 0.15) is 0 Å². The van der Waals surface area contributed by atoms with E-state index in [9.17, 15) is 4.79 Å². The summed E-state index contributed by atoms with van der Waals surface area (Å²) in [5.74, 6) is 3.17. The van der Waals surface area contributed by atoms with Crippen molar-refractivity contribution in [1.29, 1.82) is 0 Å². The number of anilines is 2. The van der Waals surface area contributed by atoms with Crippen molar-refractivity contribution in [2.24, 2.45) is 0 Å². The van der Waals surface area contributed by atoms with E-state index in [-0.39, 0.29) is 12.5 Å². The fraction of sp³-hybridized carbons (Fsp3) is 0.429. The molecule has 0 atom stereocenters. The number of aromatic nitrogens is 1. The molecule has 6 heteroatoms. The predicted molar refractivity (Wildman–Crippen MR) is 77.6 cm³/mol. The highest BCUT2D eigenvalue weighted by atomic mass is 16.5. The number of hydrogen-bond acceptors (Lipinski definition) is 5. The molecule has 1 aromatic rings. The van der Waals surface area contributed by atoms with Gasteiger partial charge in [0.2, 0.25) is 5.91 Å². The van der Waals surface area contributed by atoms with Gasteiger partial charge >= 0.3 is 0 Å². The Labute approximate surface area is 118 Å². The molecule has 0 bridgehead atoms. The van der Waals surface area contributed by atoms with Crippen LogP contribution in [0.25, 0.3) is 0 Å². The molecular formula is C14H18N4O2. The SMILES string of the molecule is C#CCNCC(=O)Nc1ccc(N2CCOCC2)nc1. The highest BCUT2D eigenvalue weighted by Gasteiger charge is 2.12. The predicted octanol–water partition coefficient (Wildman–Crippen LogP) is 0.0795. The van der Waals surface area contributed by atoms with Crippen molar-refractivity contribution in [3.05, 3.63) is 18.3 Å². The maximum absolute atomic E-state index is 11.6. The second kappa shape index (κ2) is 7.48. The van der Waals surface area contributed by atoms with Crippen LogP contribution < -0.4 is 15.5 Å². The summed E-state index contributed by atoms with van der Waals surface area (Å²) in [5.41, 5.74) is 0.675. The average molecular weight is 274 g/mol. The molecule has 1 saturated heterocycles. The third kappa shape index (κ3) is 4.23. The third-order valence-corrected chi connectivity index (χ3v) is 2.88. The first-order chi connectivity index (χ1) is 9.79. The number of nitrogens with zero attached hydrogens (tertiary/aromatic N) is 2. The topological polar surface area (TPSA) is 66.5 Å². The summed E-state index contributed by atoms with van der Waals surface area (Å²) in [4.78, 5) is 18.1. The standard InChI is InChI=1S/C14H18N4O2/c1-2-5-15-11-14(19)17-12-3-4-13(16-10-12)18-6-8-20-9-7-18/h1,3-4,10,15H,5-9,11H2,(H,17,19). The van der Waals surface area contributed by atoms with Gasteiger partial charge in [-0.2, -0.15) is 0 Å². The summed E-state index contributed by atoms with van der Waals surface area (Å²) in [7, 11) is 0. The van der Waals surface area contributed by atoms with Crippen LogP contribution in [0.2, 0.25) is 0 Å². The van der Waals surface area contributed by atoms with Crippen LogP contribution in [0, 0.1) is 12.3 Å². The van der Waals surface area contributed by atoms with E-state index in [1.807, 2.05) is 12.1 Å². The molecule has 1 aromatic heterocycles. The summed E-state index contributed by atoms with van der Waals surface area (Å²) in [6.45, 7) is 3.70. The monoisotopic (exact) mass is 274 g/mol. The second-order valence-corrected chi connectivity index (χ2v) is 4.36. The minimum absolute atomic E-state index is 0.138. The van der Waals surface area contributed by atoms with Crippen molar-refractivity contribution in [2.45, 2.75) is 0 Å². The van der Waals surface area contributed by atoms with Gasteiger partial charge in [-0.3, -0.25) is 10.1 Å². The normalized spacial score (nSPS) is 14.7. The van der Waals surface area contributed by atoms with Crippen LogP contribution in [-0.4, -0.2) is 50.3 Å². The average Bonchev–Trinajstić information content (AvgIpc) is 2.49. The van der Waals surface area contributed by atoms with Crippen LogP contribution in [0.4, 0.5) is 11.5 Å². The van der Waals surface area contributed by atoms with Gasteiger partial charge in [-0.15, -0.1) is 6.42 Å². The van der Waals surface area contributed by atoms with Crippen LogP contribution in [0.5, 0.6) is 0 Å². The smallest absolute Gasteiger partial charge is 0.238 e. The Kier molecular flexibility index (Phi) is 5.35. The molecule has 2 rings (SSSR count). The van der Waals surface area contributed by atoms with Gasteiger partial charge < -0.3 is 15.0 Å². The van der Waals surface area contributed by atoms with Crippen molar-refractivity contribution >= 4 is 17.4 Å². The van der Waals surface area contributed by atoms with E-state index in [0.717, 1.165) is 32.1 Å². The first kappa shape index (κ1) is 14.3. The molecule has 1 fully saturated rings. The zero-order chi connectivity index (χ0) is 14.2. The van der Waals surface area contributed by atoms with Crippen LogP contribution >= 0.6 is 0 Å². The number of pyridine rings is 1. The van der Waals surface area contributed by atoms with Crippen LogP contribution in [0.3, 0.4) is 0 Å². The minimum Gasteiger partial charge on any atom is -0.378 e. The second-order valence-electron chi connectivity index (χ2n) is 4.36. The van der Waals surface area contributed by atoms with Gasteiger partial charge in [0, 0.05) is 13.1 Å². The number of nitrogens with one attached hydrogen (secondary N) is 2. The summed E-state index contributed by atoms with van der Waals surface area (Å²) in [5, 5.41) is 5.58. The zero-order valence-corrected chi connectivity index (χ0v) is 11.3. The van der Waals surface area contributed by atoms with Gasteiger partial charge in [0.15, 0.2) is 0 Å². The molecule has 0 aliphatic carbocycles. The molecule has 0 radical (unpaired) electrons. The fourth-order valence-corrected chi connectivity index (χ4v) is 1.89. The van der Waals surface area contributed by atoms with Crippen LogP contribution in [-0.2, 0) is 9.53 Å². The lowest BCUT2D eigenvalue weighted by molar-refractivity contribution is -0.115. The molecule has 0 unspecified atom stereocenters. The summed E-state index contributed by atoms with van der Waals surface area (Å²) >= 11 is 0. The largest absolute Gasteiger partial charge is 0.378 e. The molecule has 1 aliphatic heterocycles. The molecule has 106 valence electrons. The Morgan fingerprint density at radius 1 is 1.45 bits per heavy atom. The Hall–Kier alpha value is -2.10. The Bertz CT molecular complexity index is 475. The number of ether oxygens (including phenoxy) is 1. The molecule has 0 spiro atoms. The number of carbonyl (C=O) groups is 1. The van der Waals surface area contributed by atoms with E-state index in [1.54, 1.807) is 6.20 Å². The Balaban J connectivity index is 1.84. The number of terminal acetylenes is 1. The molecule has 0 aromatic carbocycles. The van der Waals surface area contributed by atoms with Crippen molar-refractivity contribution < 1.29 is 9.53 Å². The van der Waals surface area contributed by atoms with E-state index < -0.39 is 0 Å². The van der Waals surface area contributed by atoms with Gasteiger partial charge in [-0.05, 0) is 12.1 Å². The van der Waals surface area contributed by atoms with E-state index in [4.69, 9.17) is 11.2 Å². The quantitative estimate of drug-likeness (QED) is 0.588. The highest BCUT2D eigenvalue weighted by molar-refractivity contribution is 5.92. The van der Waals surface area contributed by atoms with Gasteiger partial charge in [0.25, 0.3) is 0 Å².